The van der Waals surface area contributed by atoms with Gasteiger partial charge in [0.1, 0.15) is 18.8 Å². The van der Waals surface area contributed by atoms with E-state index in [4.69, 9.17) is 16.3 Å². The van der Waals surface area contributed by atoms with Crippen molar-refractivity contribution < 1.29 is 9.84 Å². The molecule has 0 unspecified atom stereocenters. The van der Waals surface area contributed by atoms with Crippen molar-refractivity contribution in [2.24, 2.45) is 0 Å². The summed E-state index contributed by atoms with van der Waals surface area (Å²) < 4.78 is 5.02. The van der Waals surface area contributed by atoms with Gasteiger partial charge in [0.15, 0.2) is 0 Å². The van der Waals surface area contributed by atoms with Crippen molar-refractivity contribution in [2.45, 2.75) is 12.2 Å². The lowest BCUT2D eigenvalue weighted by Gasteiger charge is -2.14. The van der Waals surface area contributed by atoms with Crippen LogP contribution < -0.4 is 0 Å². The number of ether oxygens (including phenoxy) is 1. The van der Waals surface area contributed by atoms with E-state index in [9.17, 15) is 0 Å². The highest BCUT2D eigenvalue weighted by Crippen LogP contribution is 2.00. The molecule has 1 N–H and O–H groups in total. The lowest BCUT2D eigenvalue weighted by molar-refractivity contribution is 0.0278. The molecule has 2 nitrogen and oxygen atoms in total. The molecule has 0 aromatic heterocycles. The zero-order chi connectivity index (χ0) is 8.69. The molecule has 0 amide bonds. The van der Waals surface area contributed by atoms with E-state index in [0.29, 0.717) is 0 Å². The Hall–Kier alpha value is -1.04. The van der Waals surface area contributed by atoms with E-state index in [1.165, 1.54) is 12.2 Å². The topological polar surface area (TPSA) is 29.5 Å². The number of terminal acetylenes is 1. The quantitative estimate of drug-likeness (QED) is 0.465. The molecule has 0 saturated carbocycles. The predicted octanol–water partition coefficient (Wildman–Crippen LogP) is 0.738. The molecule has 0 aliphatic carbocycles. The van der Waals surface area contributed by atoms with E-state index in [2.05, 4.69) is 19.1 Å². The van der Waals surface area contributed by atoms with Crippen LogP contribution in [0.25, 0.3) is 0 Å². The molecule has 0 aliphatic heterocycles. The molecule has 0 heterocycles. The van der Waals surface area contributed by atoms with Crippen LogP contribution in [0.5, 0.6) is 0 Å². The minimum Gasteiger partial charge on any atom is -0.386 e. The van der Waals surface area contributed by atoms with Gasteiger partial charge in [-0.1, -0.05) is 18.1 Å². The standard InChI is InChI=1S/C9H12O2/c1-4-7-11-9(6-3)8(10)5-2/h1,5-6,8-10H,2-3,7H2/t8-,9-/m1/s1. The highest BCUT2D eigenvalue weighted by atomic mass is 16.5. The van der Waals surface area contributed by atoms with Crippen LogP contribution in [0.1, 0.15) is 0 Å². The van der Waals surface area contributed by atoms with Crippen molar-refractivity contribution in [1.82, 2.24) is 0 Å². The maximum Gasteiger partial charge on any atom is 0.108 e. The monoisotopic (exact) mass is 152 g/mol. The van der Waals surface area contributed by atoms with Gasteiger partial charge in [-0.2, -0.15) is 0 Å². The SMILES string of the molecule is C#CCO[C@H](C=C)[C@H](O)C=C. The second-order valence-corrected chi connectivity index (χ2v) is 1.94. The van der Waals surface area contributed by atoms with Gasteiger partial charge in [0.25, 0.3) is 0 Å². The molecule has 0 aromatic rings. The molecule has 0 aliphatic rings. The maximum absolute atomic E-state index is 9.16. The summed E-state index contributed by atoms with van der Waals surface area (Å²) >= 11 is 0. The predicted molar refractivity (Wildman–Crippen MR) is 45.0 cm³/mol. The molecule has 0 fully saturated rings. The van der Waals surface area contributed by atoms with Crippen LogP contribution in [0.4, 0.5) is 0 Å². The second kappa shape index (κ2) is 5.72. The third-order valence-electron chi connectivity index (χ3n) is 1.17. The highest BCUT2D eigenvalue weighted by molar-refractivity contribution is 4.96. The van der Waals surface area contributed by atoms with E-state index in [-0.39, 0.29) is 6.61 Å². The Bertz CT molecular complexity index is 167. The Morgan fingerprint density at radius 1 is 1.55 bits per heavy atom. The van der Waals surface area contributed by atoms with Crippen molar-refractivity contribution in [1.29, 1.82) is 0 Å². The Morgan fingerprint density at radius 3 is 2.55 bits per heavy atom. The van der Waals surface area contributed by atoms with Crippen LogP contribution >= 0.6 is 0 Å². The Labute approximate surface area is 67.2 Å². The Morgan fingerprint density at radius 2 is 2.18 bits per heavy atom. The number of aliphatic hydroxyl groups is 1. The summed E-state index contributed by atoms with van der Waals surface area (Å²) in [6, 6.07) is 0. The molecule has 2 atom stereocenters. The molecular weight excluding hydrogens is 140 g/mol. The first kappa shape index (κ1) is 9.96. The van der Waals surface area contributed by atoms with E-state index in [1.54, 1.807) is 0 Å². The van der Waals surface area contributed by atoms with Crippen LogP contribution in [0.3, 0.4) is 0 Å². The number of hydrogen-bond donors (Lipinski definition) is 1. The first-order valence-electron chi connectivity index (χ1n) is 3.24. The van der Waals surface area contributed by atoms with Crippen molar-refractivity contribution in [2.75, 3.05) is 6.61 Å². The number of hydrogen-bond acceptors (Lipinski definition) is 2. The average Bonchev–Trinajstić information content (AvgIpc) is 2.05. The second-order valence-electron chi connectivity index (χ2n) is 1.94. The van der Waals surface area contributed by atoms with Gasteiger partial charge in [-0.05, 0) is 0 Å². The zero-order valence-corrected chi connectivity index (χ0v) is 6.36. The molecule has 0 aromatic carbocycles. The smallest absolute Gasteiger partial charge is 0.108 e. The van der Waals surface area contributed by atoms with Crippen molar-refractivity contribution >= 4 is 0 Å². The van der Waals surface area contributed by atoms with Gasteiger partial charge in [0, 0.05) is 0 Å². The van der Waals surface area contributed by atoms with E-state index in [1.807, 2.05) is 0 Å². The van der Waals surface area contributed by atoms with Gasteiger partial charge in [-0.25, -0.2) is 0 Å². The summed E-state index contributed by atoms with van der Waals surface area (Å²) in [5.41, 5.74) is 0. The fourth-order valence-corrected chi connectivity index (χ4v) is 0.585. The van der Waals surface area contributed by atoms with Gasteiger partial charge in [0.2, 0.25) is 0 Å². The Balaban J connectivity index is 3.85. The minimum atomic E-state index is -0.735. The lowest BCUT2D eigenvalue weighted by atomic mass is 10.2. The van der Waals surface area contributed by atoms with Crippen LogP contribution in [0, 0.1) is 12.3 Å². The maximum atomic E-state index is 9.16. The highest BCUT2D eigenvalue weighted by Gasteiger charge is 2.11. The molecule has 0 bridgehead atoms. The summed E-state index contributed by atoms with van der Waals surface area (Å²) in [6.07, 6.45) is 6.63. The minimum absolute atomic E-state index is 0.168. The van der Waals surface area contributed by atoms with Gasteiger partial charge in [-0.15, -0.1) is 19.6 Å². The molecule has 0 spiro atoms. The van der Waals surface area contributed by atoms with Gasteiger partial charge < -0.3 is 9.84 Å². The summed E-state index contributed by atoms with van der Waals surface area (Å²) in [6.45, 7) is 7.06. The normalized spacial score (nSPS) is 14.5. The molecule has 11 heavy (non-hydrogen) atoms. The van der Waals surface area contributed by atoms with Crippen LogP contribution in [0.2, 0.25) is 0 Å². The van der Waals surface area contributed by atoms with Gasteiger partial charge in [-0.3, -0.25) is 0 Å². The molecule has 0 radical (unpaired) electrons. The molecule has 0 saturated heterocycles. The molecule has 60 valence electrons. The molecular formula is C9H12O2. The summed E-state index contributed by atoms with van der Waals surface area (Å²) in [5.74, 6) is 2.30. The van der Waals surface area contributed by atoms with Crippen molar-refractivity contribution in [3.63, 3.8) is 0 Å². The average molecular weight is 152 g/mol. The first-order chi connectivity index (χ1) is 5.26. The van der Waals surface area contributed by atoms with Crippen molar-refractivity contribution in [3.05, 3.63) is 25.3 Å². The lowest BCUT2D eigenvalue weighted by Crippen LogP contribution is -2.24. The summed E-state index contributed by atoms with van der Waals surface area (Å²) in [7, 11) is 0. The number of aliphatic hydroxyl groups excluding tert-OH is 1. The zero-order valence-electron chi connectivity index (χ0n) is 6.36. The van der Waals surface area contributed by atoms with Crippen LogP contribution in [-0.2, 0) is 4.74 Å². The third-order valence-corrected chi connectivity index (χ3v) is 1.17. The van der Waals surface area contributed by atoms with E-state index < -0.39 is 12.2 Å². The largest absolute Gasteiger partial charge is 0.386 e. The third kappa shape index (κ3) is 3.61. The molecule has 0 rings (SSSR count). The van der Waals surface area contributed by atoms with Crippen LogP contribution in [-0.4, -0.2) is 23.9 Å². The summed E-state index contributed by atoms with van der Waals surface area (Å²) in [5, 5.41) is 9.16. The van der Waals surface area contributed by atoms with Crippen LogP contribution in [0.15, 0.2) is 25.3 Å². The van der Waals surface area contributed by atoms with Gasteiger partial charge in [0.05, 0.1) is 0 Å². The van der Waals surface area contributed by atoms with E-state index >= 15 is 0 Å². The summed E-state index contributed by atoms with van der Waals surface area (Å²) in [4.78, 5) is 0. The van der Waals surface area contributed by atoms with E-state index in [0.717, 1.165) is 0 Å². The van der Waals surface area contributed by atoms with Crippen molar-refractivity contribution in [3.8, 4) is 12.3 Å². The first-order valence-corrected chi connectivity index (χ1v) is 3.24. The van der Waals surface area contributed by atoms with Gasteiger partial charge >= 0.3 is 0 Å². The fourth-order valence-electron chi connectivity index (χ4n) is 0.585. The Kier molecular flexibility index (Phi) is 5.18. The number of rotatable bonds is 5. The molecule has 2 heteroatoms. The fraction of sp³-hybridized carbons (Fsp3) is 0.333.